The van der Waals surface area contributed by atoms with Crippen molar-refractivity contribution >= 4 is 23.5 Å². The van der Waals surface area contributed by atoms with E-state index >= 15 is 0 Å². The van der Waals surface area contributed by atoms with E-state index in [-0.39, 0.29) is 0 Å². The summed E-state index contributed by atoms with van der Waals surface area (Å²) in [5, 5.41) is 9.15. The van der Waals surface area contributed by atoms with Crippen LogP contribution >= 0.6 is 23.5 Å². The first-order valence-corrected chi connectivity index (χ1v) is 7.41. The van der Waals surface area contributed by atoms with E-state index in [4.69, 9.17) is 5.73 Å². The van der Waals surface area contributed by atoms with Crippen molar-refractivity contribution in [2.45, 2.75) is 25.2 Å². The Labute approximate surface area is 105 Å². The van der Waals surface area contributed by atoms with Gasteiger partial charge in [0.15, 0.2) is 5.16 Å². The summed E-state index contributed by atoms with van der Waals surface area (Å²) in [6, 6.07) is 0. The summed E-state index contributed by atoms with van der Waals surface area (Å²) >= 11 is 3.66. The fraction of sp³-hybridized carbons (Fsp3) is 0.600. The van der Waals surface area contributed by atoms with E-state index in [2.05, 4.69) is 23.7 Å². The molecule has 1 rings (SSSR count). The van der Waals surface area contributed by atoms with Gasteiger partial charge in [0.25, 0.3) is 0 Å². The SMILES string of the molecule is C=CCn1c(CN)nnc1SCCSCC. The molecule has 0 bridgehead atoms. The van der Waals surface area contributed by atoms with Crippen molar-refractivity contribution in [1.29, 1.82) is 0 Å². The summed E-state index contributed by atoms with van der Waals surface area (Å²) in [7, 11) is 0. The van der Waals surface area contributed by atoms with Crippen LogP contribution in [0, 0.1) is 0 Å². The highest BCUT2D eigenvalue weighted by atomic mass is 32.2. The van der Waals surface area contributed by atoms with Crippen molar-refractivity contribution in [1.82, 2.24) is 14.8 Å². The molecule has 0 saturated heterocycles. The van der Waals surface area contributed by atoms with Gasteiger partial charge in [0, 0.05) is 18.1 Å². The maximum absolute atomic E-state index is 5.60. The van der Waals surface area contributed by atoms with Gasteiger partial charge in [-0.3, -0.25) is 0 Å². The zero-order valence-corrected chi connectivity index (χ0v) is 11.2. The molecule has 0 aliphatic carbocycles. The van der Waals surface area contributed by atoms with Crippen LogP contribution in [0.1, 0.15) is 12.7 Å². The van der Waals surface area contributed by atoms with Crippen molar-refractivity contribution in [3.63, 3.8) is 0 Å². The van der Waals surface area contributed by atoms with Crippen LogP contribution < -0.4 is 5.73 Å². The average Bonchev–Trinajstić information content (AvgIpc) is 2.68. The number of aromatic nitrogens is 3. The molecule has 0 aliphatic heterocycles. The van der Waals surface area contributed by atoms with Gasteiger partial charge >= 0.3 is 0 Å². The van der Waals surface area contributed by atoms with E-state index in [1.807, 2.05) is 22.4 Å². The Bertz CT molecular complexity index is 325. The first-order valence-electron chi connectivity index (χ1n) is 5.27. The van der Waals surface area contributed by atoms with Crippen molar-refractivity contribution in [3.05, 3.63) is 18.5 Å². The average molecular weight is 258 g/mol. The van der Waals surface area contributed by atoms with E-state index in [0.717, 1.165) is 34.8 Å². The maximum Gasteiger partial charge on any atom is 0.191 e. The first-order chi connectivity index (χ1) is 7.83. The normalized spacial score (nSPS) is 10.6. The lowest BCUT2D eigenvalue weighted by Gasteiger charge is -2.05. The Morgan fingerprint density at radius 1 is 1.44 bits per heavy atom. The second kappa shape index (κ2) is 7.76. The zero-order valence-electron chi connectivity index (χ0n) is 9.56. The topological polar surface area (TPSA) is 56.7 Å². The van der Waals surface area contributed by atoms with Gasteiger partial charge in [-0.05, 0) is 5.75 Å². The molecule has 0 saturated carbocycles. The Kier molecular flexibility index (Phi) is 6.59. The molecule has 0 aliphatic rings. The molecule has 0 spiro atoms. The van der Waals surface area contributed by atoms with Gasteiger partial charge in [0.2, 0.25) is 0 Å². The number of rotatable bonds is 8. The molecular weight excluding hydrogens is 240 g/mol. The minimum absolute atomic E-state index is 0.422. The van der Waals surface area contributed by atoms with Gasteiger partial charge in [-0.1, -0.05) is 24.8 Å². The van der Waals surface area contributed by atoms with Crippen LogP contribution in [0.2, 0.25) is 0 Å². The van der Waals surface area contributed by atoms with Gasteiger partial charge in [-0.2, -0.15) is 11.8 Å². The Balaban J connectivity index is 2.56. The summed E-state index contributed by atoms with van der Waals surface area (Å²) < 4.78 is 2.02. The highest BCUT2D eigenvalue weighted by Crippen LogP contribution is 2.18. The summed E-state index contributed by atoms with van der Waals surface area (Å²) in [5.41, 5.74) is 5.60. The minimum atomic E-state index is 0.422. The highest BCUT2D eigenvalue weighted by molar-refractivity contribution is 8.02. The van der Waals surface area contributed by atoms with Crippen LogP contribution in [-0.2, 0) is 13.1 Å². The van der Waals surface area contributed by atoms with Gasteiger partial charge in [-0.15, -0.1) is 16.8 Å². The van der Waals surface area contributed by atoms with Gasteiger partial charge in [0.1, 0.15) is 5.82 Å². The number of nitrogens with two attached hydrogens (primary N) is 1. The third-order valence-corrected chi connectivity index (χ3v) is 4.08. The Hall–Kier alpha value is -0.460. The third kappa shape index (κ3) is 3.84. The van der Waals surface area contributed by atoms with E-state index in [1.165, 1.54) is 0 Å². The molecule has 0 fully saturated rings. The summed E-state index contributed by atoms with van der Waals surface area (Å²) in [5.74, 6) is 4.18. The molecule has 16 heavy (non-hydrogen) atoms. The van der Waals surface area contributed by atoms with Gasteiger partial charge < -0.3 is 10.3 Å². The molecule has 90 valence electrons. The van der Waals surface area contributed by atoms with E-state index in [1.54, 1.807) is 11.8 Å². The van der Waals surface area contributed by atoms with Gasteiger partial charge in [0.05, 0.1) is 6.54 Å². The highest BCUT2D eigenvalue weighted by Gasteiger charge is 2.09. The molecule has 0 atom stereocenters. The summed E-state index contributed by atoms with van der Waals surface area (Å²) in [6.07, 6.45) is 1.84. The molecule has 1 heterocycles. The van der Waals surface area contributed by atoms with Crippen molar-refractivity contribution in [2.24, 2.45) is 5.73 Å². The minimum Gasteiger partial charge on any atom is -0.324 e. The number of nitrogens with zero attached hydrogens (tertiary/aromatic N) is 3. The van der Waals surface area contributed by atoms with Crippen LogP contribution in [0.25, 0.3) is 0 Å². The molecular formula is C10H18N4S2. The number of thioether (sulfide) groups is 2. The van der Waals surface area contributed by atoms with Crippen LogP contribution in [0.4, 0.5) is 0 Å². The Morgan fingerprint density at radius 3 is 2.88 bits per heavy atom. The van der Waals surface area contributed by atoms with Crippen LogP contribution in [0.3, 0.4) is 0 Å². The van der Waals surface area contributed by atoms with Crippen LogP contribution in [0.15, 0.2) is 17.8 Å². The van der Waals surface area contributed by atoms with E-state index in [9.17, 15) is 0 Å². The second-order valence-electron chi connectivity index (χ2n) is 3.05. The molecule has 0 aromatic carbocycles. The van der Waals surface area contributed by atoms with Crippen molar-refractivity contribution < 1.29 is 0 Å². The van der Waals surface area contributed by atoms with Crippen LogP contribution in [-0.4, -0.2) is 32.0 Å². The molecule has 1 aromatic rings. The van der Waals surface area contributed by atoms with Crippen molar-refractivity contribution in [2.75, 3.05) is 17.3 Å². The third-order valence-electron chi connectivity index (χ3n) is 1.95. The molecule has 2 N–H and O–H groups in total. The second-order valence-corrected chi connectivity index (χ2v) is 5.50. The molecule has 4 nitrogen and oxygen atoms in total. The zero-order chi connectivity index (χ0) is 11.8. The molecule has 0 radical (unpaired) electrons. The van der Waals surface area contributed by atoms with E-state index in [0.29, 0.717) is 6.54 Å². The lowest BCUT2D eigenvalue weighted by atomic mass is 10.5. The molecule has 1 aromatic heterocycles. The summed E-state index contributed by atoms with van der Waals surface area (Å²) in [4.78, 5) is 0. The summed E-state index contributed by atoms with van der Waals surface area (Å²) in [6.45, 7) is 7.05. The van der Waals surface area contributed by atoms with Gasteiger partial charge in [-0.25, -0.2) is 0 Å². The van der Waals surface area contributed by atoms with E-state index < -0.39 is 0 Å². The number of hydrogen-bond donors (Lipinski definition) is 1. The first kappa shape index (κ1) is 13.6. The quantitative estimate of drug-likeness (QED) is 0.437. The van der Waals surface area contributed by atoms with Crippen LogP contribution in [0.5, 0.6) is 0 Å². The smallest absolute Gasteiger partial charge is 0.191 e. The fourth-order valence-electron chi connectivity index (χ4n) is 1.23. The standard InChI is InChI=1S/C10H18N4S2/c1-3-5-14-9(8-11)12-13-10(14)16-7-6-15-4-2/h3H,1,4-8,11H2,2H3. The van der Waals surface area contributed by atoms with Crippen molar-refractivity contribution in [3.8, 4) is 0 Å². The predicted octanol–water partition coefficient (Wildman–Crippen LogP) is 1.77. The predicted molar refractivity (Wildman–Crippen MR) is 71.8 cm³/mol. The molecule has 6 heteroatoms. The lowest BCUT2D eigenvalue weighted by Crippen LogP contribution is -2.08. The monoisotopic (exact) mass is 258 g/mol. The number of hydrogen-bond acceptors (Lipinski definition) is 5. The fourth-order valence-corrected chi connectivity index (χ4v) is 2.94. The number of allylic oxidation sites excluding steroid dienone is 1. The maximum atomic E-state index is 5.60. The largest absolute Gasteiger partial charge is 0.324 e. The molecule has 0 unspecified atom stereocenters. The lowest BCUT2D eigenvalue weighted by molar-refractivity contribution is 0.680. The molecule has 0 amide bonds. The Morgan fingerprint density at radius 2 is 2.25 bits per heavy atom.